The van der Waals surface area contributed by atoms with Gasteiger partial charge >= 0.3 is 6.18 Å². The molecule has 0 aliphatic carbocycles. The monoisotopic (exact) mass is 2630 g/mol. The normalized spacial score (nSPS) is 10.8. The molecule has 0 saturated heterocycles. The molecular formula is C108H73F11Ir4N20-8. The predicted octanol–water partition coefficient (Wildman–Crippen LogP) is 24.2. The fourth-order valence-electron chi connectivity index (χ4n) is 15.4. The number of rotatable bonds is 8. The molecule has 0 unspecified atom stereocenters. The van der Waals surface area contributed by atoms with Crippen molar-refractivity contribution in [3.8, 4) is 91.1 Å². The first-order valence-electron chi connectivity index (χ1n) is 42.7. The third-order valence-corrected chi connectivity index (χ3v) is 22.2. The second-order valence-electron chi connectivity index (χ2n) is 31.2. The average molecular weight is 2630 g/mol. The van der Waals surface area contributed by atoms with Crippen molar-refractivity contribution in [2.75, 3.05) is 0 Å². The van der Waals surface area contributed by atoms with E-state index >= 15 is 0 Å². The summed E-state index contributed by atoms with van der Waals surface area (Å²) in [5, 5.41) is 9.19. The van der Waals surface area contributed by atoms with Gasteiger partial charge < -0.3 is 78.1 Å². The van der Waals surface area contributed by atoms with E-state index in [1.165, 1.54) is 48.9 Å². The molecule has 35 heteroatoms. The molecular weight excluding hydrogens is 2560 g/mol. The Morgan fingerprint density at radius 1 is 0.280 bits per heavy atom. The van der Waals surface area contributed by atoms with E-state index in [2.05, 4.69) is 230 Å². The Hall–Kier alpha value is -15.2. The summed E-state index contributed by atoms with van der Waals surface area (Å²) in [6.07, 6.45) is 14.9. The second kappa shape index (κ2) is 46.9. The van der Waals surface area contributed by atoms with E-state index in [9.17, 15) is 48.3 Å². The number of hydrogen-bond acceptors (Lipinski definition) is 12. The van der Waals surface area contributed by atoms with Crippen molar-refractivity contribution < 1.29 is 129 Å². The van der Waals surface area contributed by atoms with Crippen LogP contribution in [0.4, 0.5) is 48.3 Å². The summed E-state index contributed by atoms with van der Waals surface area (Å²) < 4.78 is 150. The number of hydrogen-bond donors (Lipinski definition) is 0. The molecule has 4 radical (unpaired) electrons. The molecule has 16 aromatic heterocycles. The minimum absolute atomic E-state index is 0. The molecule has 0 bridgehead atoms. The van der Waals surface area contributed by atoms with Gasteiger partial charge in [-0.25, -0.2) is 0 Å². The SMILES string of the molecule is Cc1c[n-]c(-c2cc3c4ccccc4n(C)c3cn2)n1.Cc1nc(-c2cc3c4ccccc4n(C)c3cn2)[n-]c1C.Cn1c2ccccc2c2cc(-c3nc(C(F)(F)F)c[n-]3)ncc21.Cn1c2ccccc2c2cc(-c3ncc[n-]3)ncc21.Fc1c[c-]c(-c2ccccn2)c(F)c1.Fc1c[c-]c(-c2ccccn2)c(F)c1.Fc1c[c-]c(-c2ccccn2)c(F)c1.Fc1c[c-]c(-c2ccccn2)c(F)c1.[Ir].[Ir].[Ir].[Ir]. The van der Waals surface area contributed by atoms with E-state index in [1.54, 1.807) is 128 Å². The van der Waals surface area contributed by atoms with Crippen molar-refractivity contribution in [2.45, 2.75) is 26.9 Å². The van der Waals surface area contributed by atoms with Gasteiger partial charge in [0.25, 0.3) is 0 Å². The number of pyridine rings is 8. The maximum absolute atomic E-state index is 13.2. The number of halogens is 11. The molecule has 0 spiro atoms. The Bertz CT molecular complexity index is 8130. The van der Waals surface area contributed by atoms with Crippen LogP contribution in [0.3, 0.4) is 0 Å². The average Bonchev–Trinajstić information content (AvgIpc) is 1.62. The van der Waals surface area contributed by atoms with Crippen LogP contribution >= 0.6 is 0 Å². The van der Waals surface area contributed by atoms with Crippen LogP contribution in [0.1, 0.15) is 22.8 Å². The molecule has 16 heterocycles. The maximum atomic E-state index is 13.2. The Kier molecular flexibility index (Phi) is 34.5. The van der Waals surface area contributed by atoms with Gasteiger partial charge in [-0.05, 0) is 140 Å². The quantitative estimate of drug-likeness (QED) is 0.102. The summed E-state index contributed by atoms with van der Waals surface area (Å²) >= 11 is 0. The third-order valence-electron chi connectivity index (χ3n) is 22.2. The zero-order valence-corrected chi connectivity index (χ0v) is 85.5. The van der Waals surface area contributed by atoms with Gasteiger partial charge in [-0.2, -0.15) is 13.2 Å². The van der Waals surface area contributed by atoms with E-state index < -0.39 is 58.4 Å². The third kappa shape index (κ3) is 23.9. The fourth-order valence-corrected chi connectivity index (χ4v) is 15.4. The van der Waals surface area contributed by atoms with E-state index in [0.717, 1.165) is 127 Å². The summed E-state index contributed by atoms with van der Waals surface area (Å²) in [6, 6.07) is 79.0. The van der Waals surface area contributed by atoms with E-state index in [-0.39, 0.29) is 108 Å². The van der Waals surface area contributed by atoms with Gasteiger partial charge in [0, 0.05) is 251 Å². The van der Waals surface area contributed by atoms with Gasteiger partial charge in [-0.3, -0.25) is 55.1 Å². The molecule has 0 saturated carbocycles. The van der Waals surface area contributed by atoms with Gasteiger partial charge in [-0.1, -0.05) is 210 Å². The summed E-state index contributed by atoms with van der Waals surface area (Å²) in [6.45, 7) is 5.89. The van der Waals surface area contributed by atoms with Crippen LogP contribution in [0.2, 0.25) is 0 Å². The van der Waals surface area contributed by atoms with Crippen molar-refractivity contribution in [1.82, 2.24) is 98.0 Å². The number of benzene rings is 8. The van der Waals surface area contributed by atoms with Crippen LogP contribution in [0.5, 0.6) is 0 Å². The fraction of sp³-hybridized carbons (Fsp3) is 0.0741. The van der Waals surface area contributed by atoms with E-state index in [1.807, 2.05) is 75.2 Å². The minimum Gasteiger partial charge on any atom is -0.441 e. The molecule has 0 atom stereocenters. The standard InChI is InChI=1S/C17H15N4.C16H10F3N4.C16H13N4.C15H11N4.4C11H6F2N.4Ir/c1-10-11(2)20-17(19-10)14-8-13-12-6-4-5-7-15(12)21(3)16(13)9-18-14;1-23-12-5-3-2-4-9(12)10-6-11(20-7-13(10)23)15-21-8-14(22-15)16(17,18)19;1-10-8-18-16(19-10)13-7-12-11-5-3-4-6-14(11)20(2)15(12)9-17-13;1-19-13-5-3-2-4-10(13)11-8-12(18-9-14(11)19)15-16-6-7-17-15;4*12-8-4-5-9(10(13)7-8)11-3-1-2-6-14-11;;;;/h4-9H,1-3H3;2-8H,1H3;3-9H,1-2H3;2-9H,1H3;4*1-4,6-7H;;;;/q8*-1;;;;. The molecule has 20 nitrogen and oxygen atoms in total. The van der Waals surface area contributed by atoms with Crippen molar-refractivity contribution in [1.29, 1.82) is 0 Å². The van der Waals surface area contributed by atoms with Gasteiger partial charge in [0.05, 0.1) is 69.6 Å². The Balaban J connectivity index is 0.000000138. The van der Waals surface area contributed by atoms with Gasteiger partial charge in [0.2, 0.25) is 0 Å². The van der Waals surface area contributed by atoms with Crippen molar-refractivity contribution in [3.05, 3.63) is 411 Å². The first-order valence-corrected chi connectivity index (χ1v) is 42.7. The van der Waals surface area contributed by atoms with E-state index in [0.29, 0.717) is 45.9 Å². The number of aromatic nitrogens is 20. The summed E-state index contributed by atoms with van der Waals surface area (Å²) in [5.74, 6) is -3.09. The first-order chi connectivity index (χ1) is 67.3. The molecule has 0 N–H and O–H groups in total. The molecule has 24 aromatic rings. The predicted molar refractivity (Wildman–Crippen MR) is 512 cm³/mol. The van der Waals surface area contributed by atoms with Crippen molar-refractivity contribution >= 4 is 87.2 Å². The Labute approximate surface area is 864 Å². The maximum Gasteiger partial charge on any atom is 0.412 e. The molecule has 8 aromatic carbocycles. The number of fused-ring (bicyclic) bond motifs is 12. The number of aryl methyl sites for hydroxylation is 7. The zero-order valence-electron chi connectivity index (χ0n) is 76.0. The van der Waals surface area contributed by atoms with Gasteiger partial charge in [-0.15, -0.1) is 48.5 Å². The molecule has 0 amide bonds. The summed E-state index contributed by atoms with van der Waals surface area (Å²) in [5.41, 5.74) is 16.1. The van der Waals surface area contributed by atoms with Crippen LogP contribution in [0.25, 0.3) is 178 Å². The number of alkyl halides is 3. The number of nitrogens with zero attached hydrogens (tertiary/aromatic N) is 20. The van der Waals surface area contributed by atoms with Crippen molar-refractivity contribution in [3.63, 3.8) is 0 Å². The zero-order chi connectivity index (χ0) is 97.1. The van der Waals surface area contributed by atoms with Crippen LogP contribution in [-0.4, -0.2) is 78.1 Å². The number of para-hydroxylation sites is 4. The Morgan fingerprint density at radius 3 is 0.832 bits per heavy atom. The van der Waals surface area contributed by atoms with Gasteiger partial charge in [0.15, 0.2) is 0 Å². The Morgan fingerprint density at radius 2 is 0.573 bits per heavy atom. The van der Waals surface area contributed by atoms with Gasteiger partial charge in [0.1, 0.15) is 0 Å². The molecule has 726 valence electrons. The van der Waals surface area contributed by atoms with Crippen LogP contribution in [0, 0.1) is 91.6 Å². The minimum atomic E-state index is -4.51. The molecule has 24 rings (SSSR count). The molecule has 143 heavy (non-hydrogen) atoms. The molecule has 0 aliphatic rings. The topological polar surface area (TPSA) is 231 Å². The second-order valence-corrected chi connectivity index (χ2v) is 31.2. The molecule has 0 fully saturated rings. The largest absolute Gasteiger partial charge is 0.441 e. The van der Waals surface area contributed by atoms with Crippen LogP contribution in [-0.2, 0) is 115 Å². The van der Waals surface area contributed by atoms with Crippen LogP contribution in [0.15, 0.2) is 317 Å². The summed E-state index contributed by atoms with van der Waals surface area (Å²) in [4.78, 5) is 66.9. The van der Waals surface area contributed by atoms with Crippen LogP contribution < -0.4 is 19.9 Å². The smallest absolute Gasteiger partial charge is 0.412 e. The number of imidazole rings is 4. The molecule has 0 aliphatic heterocycles. The van der Waals surface area contributed by atoms with E-state index in [4.69, 9.17) is 0 Å². The first kappa shape index (κ1) is 105. The summed E-state index contributed by atoms with van der Waals surface area (Å²) in [7, 11) is 8.12. The van der Waals surface area contributed by atoms with Crippen molar-refractivity contribution in [2.24, 2.45) is 28.2 Å².